The van der Waals surface area contributed by atoms with E-state index >= 15 is 28.8 Å². The van der Waals surface area contributed by atoms with Crippen molar-refractivity contribution in [1.82, 2.24) is 31.9 Å². The van der Waals surface area contributed by atoms with Crippen LogP contribution in [0.1, 0.15) is 194 Å². The van der Waals surface area contributed by atoms with Gasteiger partial charge < -0.3 is 103 Å². The minimum absolute atomic E-state index is 0.00217. The third-order valence-corrected chi connectivity index (χ3v) is 24.3. The predicted molar refractivity (Wildman–Crippen MR) is 412 cm³/mol. The van der Waals surface area contributed by atoms with Crippen molar-refractivity contribution >= 4 is 70.1 Å². The number of hydrogen-bond donors (Lipinski definition) is 16. The Bertz CT molecular complexity index is 4360. The zero-order valence-electron chi connectivity index (χ0n) is 63.6. The number of ether oxygens (including phenoxy) is 4. The molecule has 5 amide bonds. The molecule has 6 aliphatic heterocycles. The number of aromatic hydroxyl groups is 3. The molecule has 0 radical (unpaired) electrons. The van der Waals surface area contributed by atoms with E-state index in [-0.39, 0.29) is 103 Å². The molecule has 5 fully saturated rings. The average Bonchev–Trinajstić information content (AvgIpc) is 0.754. The molecule has 113 heavy (non-hydrogen) atoms. The molecule has 28 nitrogen and oxygen atoms in total. The number of aliphatic hydroxyl groups excluding tert-OH is 6. The van der Waals surface area contributed by atoms with Crippen LogP contribution < -0.4 is 51.8 Å². The number of hydrogen-bond acceptors (Lipinski definition) is 23. The lowest BCUT2D eigenvalue weighted by molar-refractivity contribution is -0.277. The summed E-state index contributed by atoms with van der Waals surface area (Å²) in [6.07, 6.45) is -5.80. The fourth-order valence-corrected chi connectivity index (χ4v) is 18.3. The molecule has 0 unspecified atom stereocenters. The molecule has 17 N–H and O–H groups in total. The average molecular weight is 1610 g/mol. The number of ketones is 3. The van der Waals surface area contributed by atoms with Crippen molar-refractivity contribution in [3.63, 3.8) is 0 Å². The standard InChI is InChI=1S/C83H103Cl2N7O21/c1-5-7-8-9-10-17-87-18-19-88-36-53-57(95)35-52-67(74(53)102)51-26-42(11-14-56(51)94)50-34-59(97)68-47-30-63(110-61-15-12-43(27-54(61)84)72(100)70(91-79(106)41(6-2)20-38(3)4)58(96)29-48(32-66(86)99)80(107)89-68)78(113-83-77(105)76(104)75(103)65(37-93)112-83)64(31-47)111-62-16-13-44(28-55(62)85)73(101)71(92-81(50)108)82(109)90-69(52)60(98)33-49-45-22-39-21-40(24-45)25-46(49)23-39/h11-16,26-28,30-31,35,38-41,45-46,48-50,65,68-73,75-77,83,87-88,93-95,100-105H,5-10,17-25,29,32-34,36-37H2,1-4H3,(H2,86,99)(H,89,107)(H,90,109)(H,91,106)(H,92,108)/t39?,40?,41-,45?,46?,48+,49?,50-,65-,68-,69+,70+,71+,72-,73-,75-,76+,77-,83+/m1/s1. The van der Waals surface area contributed by atoms with Gasteiger partial charge in [-0.05, 0) is 176 Å². The van der Waals surface area contributed by atoms with Crippen LogP contribution in [0.25, 0.3) is 11.1 Å². The Morgan fingerprint density at radius 3 is 1.90 bits per heavy atom. The van der Waals surface area contributed by atoms with E-state index in [0.717, 1.165) is 82.9 Å². The van der Waals surface area contributed by atoms with Crippen LogP contribution in [0.5, 0.6) is 46.0 Å². The molecule has 6 heterocycles. The number of nitrogens with one attached hydrogen (secondary N) is 6. The molecular formula is C83H103Cl2N7O21. The number of benzene rings is 5. The van der Waals surface area contributed by atoms with Crippen LogP contribution in [0.2, 0.25) is 10.0 Å². The summed E-state index contributed by atoms with van der Waals surface area (Å²) >= 11 is 14.3. The number of amides is 5. The number of primary amides is 1. The van der Waals surface area contributed by atoms with E-state index < -0.39 is 192 Å². The van der Waals surface area contributed by atoms with Crippen molar-refractivity contribution in [2.24, 2.45) is 53.1 Å². The lowest BCUT2D eigenvalue weighted by Crippen LogP contribution is -2.60. The summed E-state index contributed by atoms with van der Waals surface area (Å²) < 4.78 is 25.5. The highest BCUT2D eigenvalue weighted by molar-refractivity contribution is 6.32. The number of fused-ring (bicyclic) bond motifs is 15. The fraction of sp³-hybridized carbons (Fsp3) is 0.542. The van der Waals surface area contributed by atoms with Gasteiger partial charge in [0.05, 0.1) is 34.1 Å². The fourth-order valence-electron chi connectivity index (χ4n) is 17.9. The number of phenols is 3. The van der Waals surface area contributed by atoms with Crippen molar-refractivity contribution in [2.75, 3.05) is 26.2 Å². The molecule has 4 aliphatic carbocycles. The summed E-state index contributed by atoms with van der Waals surface area (Å²) in [6, 6.07) is 6.78. The number of halogens is 2. The van der Waals surface area contributed by atoms with E-state index in [1.165, 1.54) is 60.7 Å². The molecule has 30 heteroatoms. The number of phenolic OH excluding ortho intramolecular Hbond substituents is 3. The van der Waals surface area contributed by atoms with Crippen molar-refractivity contribution in [3.05, 3.63) is 116 Å². The van der Waals surface area contributed by atoms with E-state index in [1.807, 2.05) is 13.8 Å². The normalized spacial score (nSPS) is 28.5. The third-order valence-electron chi connectivity index (χ3n) is 23.7. The topological polar surface area (TPSA) is 454 Å². The molecule has 15 bridgehead atoms. The molecule has 10 aliphatic rings. The van der Waals surface area contributed by atoms with E-state index in [4.69, 9.17) is 47.9 Å². The van der Waals surface area contributed by atoms with Gasteiger partial charge in [0.2, 0.25) is 41.6 Å². The molecule has 14 atom stereocenters. The first-order valence-electron chi connectivity index (χ1n) is 39.4. The van der Waals surface area contributed by atoms with E-state index in [1.54, 1.807) is 6.92 Å². The molecule has 5 aromatic rings. The first kappa shape index (κ1) is 83.9. The quantitative estimate of drug-likeness (QED) is 0.0261. The lowest BCUT2D eigenvalue weighted by Gasteiger charge is -2.54. The van der Waals surface area contributed by atoms with Gasteiger partial charge in [-0.1, -0.05) is 94.8 Å². The Balaban J connectivity index is 1.04. The van der Waals surface area contributed by atoms with Crippen molar-refractivity contribution < 1.29 is 103 Å². The van der Waals surface area contributed by atoms with Gasteiger partial charge in [0.1, 0.15) is 89.5 Å². The Morgan fingerprint density at radius 2 is 1.28 bits per heavy atom. The number of aliphatic hydroxyl groups is 6. The first-order valence-corrected chi connectivity index (χ1v) is 40.1. The van der Waals surface area contributed by atoms with E-state index in [2.05, 4.69) is 38.8 Å². The zero-order valence-corrected chi connectivity index (χ0v) is 65.1. The Labute approximate surface area is 664 Å². The maximum absolute atomic E-state index is 16.4. The van der Waals surface area contributed by atoms with Crippen LogP contribution >= 0.6 is 23.2 Å². The summed E-state index contributed by atoms with van der Waals surface area (Å²) in [5.41, 5.74) is 4.44. The summed E-state index contributed by atoms with van der Waals surface area (Å²) in [5, 5.41) is 124. The Kier molecular flexibility index (Phi) is 27.1. The van der Waals surface area contributed by atoms with Gasteiger partial charge in [-0.15, -0.1) is 0 Å². The molecule has 5 aromatic carbocycles. The van der Waals surface area contributed by atoms with E-state index in [9.17, 15) is 55.5 Å². The summed E-state index contributed by atoms with van der Waals surface area (Å²) in [6.45, 7) is 8.22. The number of nitrogens with two attached hydrogens (primary N) is 1. The molecule has 15 rings (SSSR count). The second-order valence-electron chi connectivity index (χ2n) is 32.1. The zero-order chi connectivity index (χ0) is 81.0. The van der Waals surface area contributed by atoms with Gasteiger partial charge in [0.25, 0.3) is 0 Å². The van der Waals surface area contributed by atoms with Crippen molar-refractivity contribution in [2.45, 2.75) is 210 Å². The molecular weight excluding hydrogens is 1500 g/mol. The van der Waals surface area contributed by atoms with Crippen LogP contribution in [0, 0.1) is 47.3 Å². The SMILES string of the molecule is CCCCCCCNCCNCc1c(O)cc2c(c1O)-c1cc(ccc1O)[C@H]1CC(=O)[C@@H]3NC(=O)[C@H](CC(N)=O)CC(=O)[C@H](NC(=O)[C@H](CC)CC(C)C)[C@H](O)c4ccc(c(Cl)c4)Oc4cc3cc(c4O[C@@H]3O[C@H](CO)[C@@H](O)[C@H](O)[C@H]3O)Oc3ccc(cc3Cl)[C@@H](O)[C@H](NC1=O)C(=O)N[C@@H]2C(=O)CC1C2CC3CC(C2)CC1C3. The van der Waals surface area contributed by atoms with Crippen LogP contribution in [0.4, 0.5) is 0 Å². The summed E-state index contributed by atoms with van der Waals surface area (Å²) in [7, 11) is 0. The maximum atomic E-state index is 16.4. The minimum atomic E-state index is -2.14. The molecule has 4 saturated carbocycles. The monoisotopic (exact) mass is 1600 g/mol. The number of rotatable bonds is 24. The highest BCUT2D eigenvalue weighted by Crippen LogP contribution is 2.58. The lowest BCUT2D eigenvalue weighted by atomic mass is 9.51. The van der Waals surface area contributed by atoms with E-state index in [0.29, 0.717) is 37.8 Å². The summed E-state index contributed by atoms with van der Waals surface area (Å²) in [5.74, 6) is -15.0. The Morgan fingerprint density at radius 1 is 0.646 bits per heavy atom. The highest BCUT2D eigenvalue weighted by atomic mass is 35.5. The smallest absolute Gasteiger partial charge is 0.246 e. The number of carbonyl (C=O) groups excluding carboxylic acids is 8. The second kappa shape index (κ2) is 36.5. The highest BCUT2D eigenvalue weighted by Gasteiger charge is 2.51. The molecule has 610 valence electrons. The first-order chi connectivity index (χ1) is 54.0. The third kappa shape index (κ3) is 18.7. The molecule has 0 spiro atoms. The van der Waals surface area contributed by atoms with Gasteiger partial charge in [-0.25, -0.2) is 0 Å². The summed E-state index contributed by atoms with van der Waals surface area (Å²) in [4.78, 5) is 122. The molecule has 0 aromatic heterocycles. The number of Topliss-reactive ketones (excluding diaryl/α,β-unsaturated/α-hetero) is 3. The van der Waals surface area contributed by atoms with Crippen LogP contribution in [-0.4, -0.2) is 162 Å². The largest absolute Gasteiger partial charge is 0.507 e. The molecule has 1 saturated heterocycles. The van der Waals surface area contributed by atoms with Gasteiger partial charge in [0.15, 0.2) is 28.8 Å². The second-order valence-corrected chi connectivity index (χ2v) is 32.9. The van der Waals surface area contributed by atoms with Crippen LogP contribution in [0.3, 0.4) is 0 Å². The number of unbranched alkanes of at least 4 members (excludes halogenated alkanes) is 4. The van der Waals surface area contributed by atoms with Gasteiger partial charge in [-0.2, -0.15) is 0 Å². The Hall–Kier alpha value is -8.52. The minimum Gasteiger partial charge on any atom is -0.507 e. The van der Waals surface area contributed by atoms with Gasteiger partial charge in [-0.3, -0.25) is 38.4 Å². The van der Waals surface area contributed by atoms with Crippen molar-refractivity contribution in [3.8, 4) is 57.1 Å². The maximum Gasteiger partial charge on any atom is 0.246 e. The van der Waals surface area contributed by atoms with Crippen molar-refractivity contribution in [1.29, 1.82) is 0 Å². The van der Waals surface area contributed by atoms with Gasteiger partial charge in [0, 0.05) is 62.4 Å². The van der Waals surface area contributed by atoms with Crippen LogP contribution in [0.15, 0.2) is 72.8 Å². The van der Waals surface area contributed by atoms with Crippen LogP contribution in [-0.2, 0) is 49.6 Å². The van der Waals surface area contributed by atoms with Gasteiger partial charge >= 0.3 is 0 Å². The number of carbonyl (C=O) groups is 8. The predicted octanol–water partition coefficient (Wildman–Crippen LogP) is 7.88.